The van der Waals surface area contributed by atoms with Crippen molar-refractivity contribution in [1.29, 1.82) is 0 Å². The molecule has 0 atom stereocenters. The summed E-state index contributed by atoms with van der Waals surface area (Å²) in [5.74, 6) is 0.650. The minimum atomic E-state index is 0.0954. The molecule has 0 spiro atoms. The number of aromatic nitrogens is 2. The number of hydrogen-bond donors (Lipinski definition) is 0. The summed E-state index contributed by atoms with van der Waals surface area (Å²) in [6, 6.07) is 1.65. The first kappa shape index (κ1) is 15.1. The summed E-state index contributed by atoms with van der Waals surface area (Å²) in [6.07, 6.45) is 5.88. The highest BCUT2D eigenvalue weighted by Gasteiger charge is 2.36. The maximum atomic E-state index is 12.5. The molecule has 1 aromatic rings. The summed E-state index contributed by atoms with van der Waals surface area (Å²) in [4.78, 5) is 24.2. The second-order valence-corrected chi connectivity index (χ2v) is 7.42. The molecule has 6 heteroatoms. The number of rotatable bonds is 4. The lowest BCUT2D eigenvalue weighted by atomic mass is 10.1. The Balaban J connectivity index is 1.35. The second-order valence-electron chi connectivity index (χ2n) is 7.42. The van der Waals surface area contributed by atoms with Gasteiger partial charge in [-0.1, -0.05) is 0 Å². The van der Waals surface area contributed by atoms with Gasteiger partial charge in [-0.25, -0.2) is 4.98 Å². The summed E-state index contributed by atoms with van der Waals surface area (Å²) in [5.41, 5.74) is 0.0954. The van der Waals surface area contributed by atoms with Gasteiger partial charge in [-0.2, -0.15) is 0 Å². The van der Waals surface area contributed by atoms with Crippen LogP contribution >= 0.6 is 0 Å². The van der Waals surface area contributed by atoms with Crippen molar-refractivity contribution >= 4 is 5.82 Å². The molecule has 1 aliphatic carbocycles. The fourth-order valence-corrected chi connectivity index (χ4v) is 3.75. The number of hydrogen-bond acceptors (Lipinski definition) is 5. The molecule has 23 heavy (non-hydrogen) atoms. The molecule has 0 N–H and O–H groups in total. The third kappa shape index (κ3) is 2.90. The van der Waals surface area contributed by atoms with E-state index >= 15 is 0 Å². The fraction of sp³-hybridized carbons (Fsp3) is 0.765. The first-order valence-electron chi connectivity index (χ1n) is 8.93. The molecule has 3 fully saturated rings. The van der Waals surface area contributed by atoms with Crippen LogP contribution in [0.1, 0.15) is 32.7 Å². The van der Waals surface area contributed by atoms with Crippen LogP contribution in [0.2, 0.25) is 0 Å². The van der Waals surface area contributed by atoms with Crippen LogP contribution in [0.25, 0.3) is 0 Å². The van der Waals surface area contributed by atoms with Crippen LogP contribution in [0.3, 0.4) is 0 Å². The van der Waals surface area contributed by atoms with Crippen molar-refractivity contribution in [2.45, 2.75) is 44.8 Å². The Labute approximate surface area is 137 Å². The third-order valence-corrected chi connectivity index (χ3v) is 5.55. The summed E-state index contributed by atoms with van der Waals surface area (Å²) in [7, 11) is 0. The molecule has 1 saturated carbocycles. The maximum absolute atomic E-state index is 12.5. The number of nitrogens with zero attached hydrogens (tertiary/aromatic N) is 5. The summed E-state index contributed by atoms with van der Waals surface area (Å²) in [5, 5.41) is 0. The Morgan fingerprint density at radius 2 is 1.78 bits per heavy atom. The number of piperazine rings is 1. The van der Waals surface area contributed by atoms with Crippen LogP contribution in [0.15, 0.2) is 17.2 Å². The highest BCUT2D eigenvalue weighted by Crippen LogP contribution is 2.33. The zero-order valence-corrected chi connectivity index (χ0v) is 14.2. The van der Waals surface area contributed by atoms with Crippen LogP contribution in [0.5, 0.6) is 0 Å². The average Bonchev–Trinajstić information content (AvgIpc) is 3.32. The third-order valence-electron chi connectivity index (χ3n) is 5.55. The quantitative estimate of drug-likeness (QED) is 0.822. The van der Waals surface area contributed by atoms with E-state index in [1.807, 2.05) is 10.8 Å². The van der Waals surface area contributed by atoms with E-state index in [4.69, 9.17) is 0 Å². The summed E-state index contributed by atoms with van der Waals surface area (Å²) in [6.45, 7) is 11.0. The van der Waals surface area contributed by atoms with Gasteiger partial charge in [-0.15, -0.1) is 0 Å². The molecule has 1 aromatic heterocycles. The normalized spacial score (nSPS) is 24.2. The van der Waals surface area contributed by atoms with Crippen LogP contribution in [0.4, 0.5) is 5.82 Å². The van der Waals surface area contributed by atoms with E-state index in [1.54, 1.807) is 6.20 Å². The van der Waals surface area contributed by atoms with Gasteiger partial charge in [0.05, 0.1) is 0 Å². The molecular weight excluding hydrogens is 290 g/mol. The van der Waals surface area contributed by atoms with Gasteiger partial charge in [0.1, 0.15) is 0 Å². The predicted octanol–water partition coefficient (Wildman–Crippen LogP) is 0.793. The van der Waals surface area contributed by atoms with Crippen LogP contribution in [-0.4, -0.2) is 70.7 Å². The monoisotopic (exact) mass is 317 g/mol. The molecule has 3 aliphatic rings. The van der Waals surface area contributed by atoms with E-state index in [-0.39, 0.29) is 5.56 Å². The molecule has 0 bridgehead atoms. The Kier molecular flexibility index (Phi) is 3.89. The smallest absolute Gasteiger partial charge is 0.293 e. The highest BCUT2D eigenvalue weighted by atomic mass is 16.1. The van der Waals surface area contributed by atoms with E-state index in [9.17, 15) is 4.79 Å². The second kappa shape index (κ2) is 5.91. The molecule has 2 saturated heterocycles. The van der Waals surface area contributed by atoms with Crippen molar-refractivity contribution in [3.63, 3.8) is 0 Å². The standard InChI is InChI=1S/C17H27N5O/c1-13(2)19-7-9-20(10-8-19)15-11-21(12-15)16-17(23)22(6-5-18-16)14-3-4-14/h5-6,13-15H,3-4,7-12H2,1-2H3. The van der Waals surface area contributed by atoms with Gasteiger partial charge in [-0.05, 0) is 26.7 Å². The predicted molar refractivity (Wildman–Crippen MR) is 91.1 cm³/mol. The minimum Gasteiger partial charge on any atom is -0.349 e. The SMILES string of the molecule is CC(C)N1CCN(C2CN(c3nccn(C4CC4)c3=O)C2)CC1. The van der Waals surface area contributed by atoms with Crippen LogP contribution in [0, 0.1) is 0 Å². The fourth-order valence-electron chi connectivity index (χ4n) is 3.75. The summed E-state index contributed by atoms with van der Waals surface area (Å²) >= 11 is 0. The van der Waals surface area contributed by atoms with E-state index in [2.05, 4.69) is 33.5 Å². The van der Waals surface area contributed by atoms with Gasteiger partial charge in [0.2, 0.25) is 0 Å². The van der Waals surface area contributed by atoms with Crippen molar-refractivity contribution in [3.05, 3.63) is 22.7 Å². The maximum Gasteiger partial charge on any atom is 0.293 e. The molecule has 2 aliphatic heterocycles. The van der Waals surface area contributed by atoms with Gasteiger partial charge in [0.25, 0.3) is 5.56 Å². The van der Waals surface area contributed by atoms with Gasteiger partial charge >= 0.3 is 0 Å². The lowest BCUT2D eigenvalue weighted by Gasteiger charge is -2.48. The van der Waals surface area contributed by atoms with E-state index in [0.717, 1.165) is 52.1 Å². The van der Waals surface area contributed by atoms with Crippen molar-refractivity contribution in [2.75, 3.05) is 44.2 Å². The first-order valence-corrected chi connectivity index (χ1v) is 8.93. The Hall–Kier alpha value is -1.40. The van der Waals surface area contributed by atoms with E-state index in [0.29, 0.717) is 23.9 Å². The zero-order chi connectivity index (χ0) is 16.0. The summed E-state index contributed by atoms with van der Waals surface area (Å²) < 4.78 is 1.87. The lowest BCUT2D eigenvalue weighted by molar-refractivity contribution is 0.0675. The molecule has 0 amide bonds. The van der Waals surface area contributed by atoms with Crippen molar-refractivity contribution in [2.24, 2.45) is 0 Å². The van der Waals surface area contributed by atoms with Crippen molar-refractivity contribution in [1.82, 2.24) is 19.4 Å². The van der Waals surface area contributed by atoms with Crippen molar-refractivity contribution in [3.8, 4) is 0 Å². The molecule has 0 aromatic carbocycles. The lowest BCUT2D eigenvalue weighted by Crippen LogP contribution is -2.64. The first-order chi connectivity index (χ1) is 11.1. The number of anilines is 1. The van der Waals surface area contributed by atoms with Gasteiger partial charge < -0.3 is 9.47 Å². The Bertz CT molecular complexity index is 610. The topological polar surface area (TPSA) is 44.6 Å². The Morgan fingerprint density at radius 1 is 1.09 bits per heavy atom. The molecule has 126 valence electrons. The van der Waals surface area contributed by atoms with Crippen LogP contribution in [-0.2, 0) is 0 Å². The molecule has 6 nitrogen and oxygen atoms in total. The van der Waals surface area contributed by atoms with Gasteiger partial charge in [0.15, 0.2) is 5.82 Å². The highest BCUT2D eigenvalue weighted by molar-refractivity contribution is 5.40. The molecule has 0 radical (unpaired) electrons. The molecule has 4 rings (SSSR count). The van der Waals surface area contributed by atoms with E-state index < -0.39 is 0 Å². The molecular formula is C17H27N5O. The molecule has 3 heterocycles. The minimum absolute atomic E-state index is 0.0954. The van der Waals surface area contributed by atoms with Gasteiger partial charge in [0, 0.05) is 69.8 Å². The van der Waals surface area contributed by atoms with Crippen molar-refractivity contribution < 1.29 is 0 Å². The molecule has 0 unspecified atom stereocenters. The van der Waals surface area contributed by atoms with Gasteiger partial charge in [-0.3, -0.25) is 14.6 Å². The largest absolute Gasteiger partial charge is 0.349 e. The average molecular weight is 317 g/mol. The van der Waals surface area contributed by atoms with E-state index in [1.165, 1.54) is 0 Å². The Morgan fingerprint density at radius 3 is 2.39 bits per heavy atom. The zero-order valence-electron chi connectivity index (χ0n) is 14.2. The van der Waals surface area contributed by atoms with Crippen LogP contribution < -0.4 is 10.5 Å².